The summed E-state index contributed by atoms with van der Waals surface area (Å²) in [6.45, 7) is 6.16. The van der Waals surface area contributed by atoms with Crippen molar-refractivity contribution < 1.29 is 4.79 Å². The van der Waals surface area contributed by atoms with Gasteiger partial charge in [-0.1, -0.05) is 26.8 Å². The van der Waals surface area contributed by atoms with E-state index in [0.717, 1.165) is 6.42 Å². The molecule has 0 spiro atoms. The fourth-order valence-electron chi connectivity index (χ4n) is 0.590. The van der Waals surface area contributed by atoms with Crippen molar-refractivity contribution in [3.05, 3.63) is 12.2 Å². The Morgan fingerprint density at radius 3 is 2.50 bits per heavy atom. The van der Waals surface area contributed by atoms with E-state index in [0.29, 0.717) is 12.3 Å². The molecule has 0 aliphatic heterocycles. The van der Waals surface area contributed by atoms with Gasteiger partial charge in [0.1, 0.15) is 0 Å². The van der Waals surface area contributed by atoms with E-state index >= 15 is 0 Å². The van der Waals surface area contributed by atoms with Gasteiger partial charge in [-0.2, -0.15) is 0 Å². The van der Waals surface area contributed by atoms with Crippen molar-refractivity contribution in [3.63, 3.8) is 0 Å². The highest BCUT2D eigenvalue weighted by Crippen LogP contribution is 1.99. The predicted molar refractivity (Wildman–Crippen MR) is 43.9 cm³/mol. The van der Waals surface area contributed by atoms with Crippen molar-refractivity contribution >= 4 is 5.78 Å². The maximum atomic E-state index is 10.7. The molecule has 0 aliphatic carbocycles. The number of hydrogen-bond acceptors (Lipinski definition) is 1. The van der Waals surface area contributed by atoms with Gasteiger partial charge in [-0.05, 0) is 18.4 Å². The Bertz CT molecular complexity index is 123. The minimum absolute atomic E-state index is 0.223. The second-order valence-corrected chi connectivity index (χ2v) is 2.85. The fraction of sp³-hybridized carbons (Fsp3) is 0.667. The van der Waals surface area contributed by atoms with Gasteiger partial charge < -0.3 is 0 Å². The lowest BCUT2D eigenvalue weighted by molar-refractivity contribution is -0.114. The van der Waals surface area contributed by atoms with E-state index in [1.54, 1.807) is 6.08 Å². The quantitative estimate of drug-likeness (QED) is 0.548. The normalized spacial score (nSPS) is 11.2. The zero-order valence-corrected chi connectivity index (χ0v) is 7.05. The van der Waals surface area contributed by atoms with Crippen LogP contribution in [0.4, 0.5) is 0 Å². The number of hydrogen-bond donors (Lipinski definition) is 0. The van der Waals surface area contributed by atoms with Crippen LogP contribution < -0.4 is 0 Å². The van der Waals surface area contributed by atoms with Gasteiger partial charge in [-0.25, -0.2) is 0 Å². The summed E-state index contributed by atoms with van der Waals surface area (Å²) >= 11 is 0. The summed E-state index contributed by atoms with van der Waals surface area (Å²) in [7, 11) is 0. The summed E-state index contributed by atoms with van der Waals surface area (Å²) in [5.41, 5.74) is 0. The van der Waals surface area contributed by atoms with E-state index in [-0.39, 0.29) is 5.78 Å². The van der Waals surface area contributed by atoms with Gasteiger partial charge in [0.05, 0.1) is 0 Å². The van der Waals surface area contributed by atoms with Crippen molar-refractivity contribution in [2.45, 2.75) is 33.6 Å². The molecular formula is C9H16O. The molecule has 0 aromatic carbocycles. The van der Waals surface area contributed by atoms with Crippen LogP contribution in [0, 0.1) is 5.92 Å². The standard InChI is InChI=1S/C9H16O/c1-4-9(10)7-5-6-8(2)3/h5,7-8H,4,6H2,1-3H3. The van der Waals surface area contributed by atoms with Gasteiger partial charge in [-0.3, -0.25) is 4.79 Å². The summed E-state index contributed by atoms with van der Waals surface area (Å²) in [5.74, 6) is 0.876. The number of rotatable bonds is 4. The van der Waals surface area contributed by atoms with Crippen LogP contribution in [-0.2, 0) is 4.79 Å². The van der Waals surface area contributed by atoms with Crippen molar-refractivity contribution in [2.24, 2.45) is 5.92 Å². The Morgan fingerprint density at radius 1 is 1.50 bits per heavy atom. The van der Waals surface area contributed by atoms with Crippen molar-refractivity contribution in [3.8, 4) is 0 Å². The molecule has 1 nitrogen and oxygen atoms in total. The molecule has 0 N–H and O–H groups in total. The van der Waals surface area contributed by atoms with E-state index in [1.165, 1.54) is 0 Å². The zero-order chi connectivity index (χ0) is 7.98. The molecule has 0 bridgehead atoms. The van der Waals surface area contributed by atoms with Crippen LogP contribution >= 0.6 is 0 Å². The molecule has 0 saturated carbocycles. The zero-order valence-electron chi connectivity index (χ0n) is 7.05. The molecule has 0 atom stereocenters. The van der Waals surface area contributed by atoms with Gasteiger partial charge in [-0.15, -0.1) is 0 Å². The van der Waals surface area contributed by atoms with Crippen LogP contribution in [0.5, 0.6) is 0 Å². The molecule has 0 aliphatic rings. The third-order valence-corrected chi connectivity index (χ3v) is 1.26. The molecule has 0 aromatic rings. The average molecular weight is 140 g/mol. The molecule has 0 heterocycles. The second kappa shape index (κ2) is 5.21. The third kappa shape index (κ3) is 5.54. The van der Waals surface area contributed by atoms with Crippen LogP contribution in [0.1, 0.15) is 33.6 Å². The fourth-order valence-corrected chi connectivity index (χ4v) is 0.590. The lowest BCUT2D eigenvalue weighted by Gasteiger charge is -1.95. The van der Waals surface area contributed by atoms with Gasteiger partial charge in [0.25, 0.3) is 0 Å². The molecule has 0 radical (unpaired) electrons. The van der Waals surface area contributed by atoms with Crippen LogP contribution in [0.2, 0.25) is 0 Å². The molecule has 0 aromatic heterocycles. The third-order valence-electron chi connectivity index (χ3n) is 1.26. The van der Waals surface area contributed by atoms with Gasteiger partial charge in [0.2, 0.25) is 0 Å². The summed E-state index contributed by atoms with van der Waals surface area (Å²) in [5, 5.41) is 0. The molecule has 10 heavy (non-hydrogen) atoms. The highest BCUT2D eigenvalue weighted by atomic mass is 16.1. The van der Waals surface area contributed by atoms with Crippen LogP contribution in [0.15, 0.2) is 12.2 Å². The van der Waals surface area contributed by atoms with Crippen molar-refractivity contribution in [2.75, 3.05) is 0 Å². The van der Waals surface area contributed by atoms with E-state index in [1.807, 2.05) is 13.0 Å². The largest absolute Gasteiger partial charge is 0.295 e. The summed E-state index contributed by atoms with van der Waals surface area (Å²) in [6, 6.07) is 0. The molecule has 0 amide bonds. The van der Waals surface area contributed by atoms with E-state index in [4.69, 9.17) is 0 Å². The van der Waals surface area contributed by atoms with Crippen molar-refractivity contribution in [1.29, 1.82) is 0 Å². The Labute approximate surface area is 63.1 Å². The summed E-state index contributed by atoms with van der Waals surface area (Å²) < 4.78 is 0. The molecular weight excluding hydrogens is 124 g/mol. The highest BCUT2D eigenvalue weighted by Gasteiger charge is 1.90. The summed E-state index contributed by atoms with van der Waals surface area (Å²) in [4.78, 5) is 10.7. The van der Waals surface area contributed by atoms with Crippen molar-refractivity contribution in [1.82, 2.24) is 0 Å². The van der Waals surface area contributed by atoms with E-state index in [9.17, 15) is 4.79 Å². The Morgan fingerprint density at radius 2 is 2.10 bits per heavy atom. The monoisotopic (exact) mass is 140 g/mol. The molecule has 58 valence electrons. The molecule has 0 unspecified atom stereocenters. The first-order valence-electron chi connectivity index (χ1n) is 3.86. The first-order valence-corrected chi connectivity index (χ1v) is 3.86. The lowest BCUT2D eigenvalue weighted by Crippen LogP contribution is -1.88. The molecule has 0 saturated heterocycles. The maximum absolute atomic E-state index is 10.7. The van der Waals surface area contributed by atoms with Crippen LogP contribution in [0.3, 0.4) is 0 Å². The van der Waals surface area contributed by atoms with Gasteiger partial charge >= 0.3 is 0 Å². The average Bonchev–Trinajstić information content (AvgIpc) is 1.87. The lowest BCUT2D eigenvalue weighted by atomic mass is 10.1. The number of carbonyl (C=O) groups is 1. The van der Waals surface area contributed by atoms with Gasteiger partial charge in [0, 0.05) is 6.42 Å². The number of allylic oxidation sites excluding steroid dienone is 2. The SMILES string of the molecule is CCC(=O)C=CCC(C)C. The predicted octanol–water partition coefficient (Wildman–Crippen LogP) is 2.57. The summed E-state index contributed by atoms with van der Waals surface area (Å²) in [6.07, 6.45) is 5.26. The highest BCUT2D eigenvalue weighted by molar-refractivity contribution is 5.89. The van der Waals surface area contributed by atoms with E-state index < -0.39 is 0 Å². The Balaban J connectivity index is 3.46. The topological polar surface area (TPSA) is 17.1 Å². The smallest absolute Gasteiger partial charge is 0.155 e. The minimum atomic E-state index is 0.223. The maximum Gasteiger partial charge on any atom is 0.155 e. The molecule has 1 heteroatoms. The number of ketones is 1. The first-order chi connectivity index (χ1) is 4.66. The Hall–Kier alpha value is -0.590. The first kappa shape index (κ1) is 9.41. The molecule has 0 fully saturated rings. The Kier molecular flexibility index (Phi) is 4.91. The van der Waals surface area contributed by atoms with Crippen LogP contribution in [-0.4, -0.2) is 5.78 Å². The van der Waals surface area contributed by atoms with Crippen LogP contribution in [0.25, 0.3) is 0 Å². The minimum Gasteiger partial charge on any atom is -0.295 e. The number of carbonyl (C=O) groups excluding carboxylic acids is 1. The van der Waals surface area contributed by atoms with Gasteiger partial charge in [0.15, 0.2) is 5.78 Å². The molecule has 0 rings (SSSR count). The van der Waals surface area contributed by atoms with E-state index in [2.05, 4.69) is 13.8 Å². The second-order valence-electron chi connectivity index (χ2n) is 2.85.